The van der Waals surface area contributed by atoms with Gasteiger partial charge in [-0.1, -0.05) is 42.8 Å². The molecule has 19 heavy (non-hydrogen) atoms. The number of nitrogens with zero attached hydrogens (tertiary/aromatic N) is 1. The van der Waals surface area contributed by atoms with Gasteiger partial charge < -0.3 is 5.73 Å². The monoisotopic (exact) mass is 254 g/mol. The van der Waals surface area contributed by atoms with E-state index in [4.69, 9.17) is 5.73 Å². The third-order valence-corrected chi connectivity index (χ3v) is 3.65. The summed E-state index contributed by atoms with van der Waals surface area (Å²) in [5, 5.41) is 0. The molecule has 2 rings (SSSR count). The largest absolute Gasteiger partial charge is 0.327 e. The maximum Gasteiger partial charge on any atom is 0.0447 e. The molecule has 0 aliphatic carbocycles. The highest BCUT2D eigenvalue weighted by atomic mass is 14.7. The predicted octanol–water partition coefficient (Wildman–Crippen LogP) is 3.45. The number of benzene rings is 1. The van der Waals surface area contributed by atoms with Gasteiger partial charge >= 0.3 is 0 Å². The highest BCUT2D eigenvalue weighted by molar-refractivity contribution is 5.22. The summed E-state index contributed by atoms with van der Waals surface area (Å²) in [4.78, 5) is 4.39. The van der Waals surface area contributed by atoms with Crippen molar-refractivity contribution in [2.45, 2.75) is 38.6 Å². The minimum Gasteiger partial charge on any atom is -0.327 e. The summed E-state index contributed by atoms with van der Waals surface area (Å²) in [6, 6.07) is 14.8. The summed E-state index contributed by atoms with van der Waals surface area (Å²) in [6.45, 7) is 4.28. The van der Waals surface area contributed by atoms with E-state index in [9.17, 15) is 0 Å². The van der Waals surface area contributed by atoms with Crippen molar-refractivity contribution in [1.82, 2.24) is 4.98 Å². The van der Waals surface area contributed by atoms with Gasteiger partial charge in [-0.2, -0.15) is 0 Å². The van der Waals surface area contributed by atoms with Crippen molar-refractivity contribution in [1.29, 1.82) is 0 Å². The molecule has 1 heterocycles. The molecule has 0 amide bonds. The van der Waals surface area contributed by atoms with Gasteiger partial charge in [0, 0.05) is 23.9 Å². The second kappa shape index (κ2) is 6.48. The molecule has 2 nitrogen and oxygen atoms in total. The van der Waals surface area contributed by atoms with Gasteiger partial charge in [-0.05, 0) is 37.5 Å². The van der Waals surface area contributed by atoms with Gasteiger partial charge in [0.15, 0.2) is 0 Å². The zero-order valence-corrected chi connectivity index (χ0v) is 11.7. The van der Waals surface area contributed by atoms with Crippen LogP contribution in [0, 0.1) is 6.92 Å². The lowest BCUT2D eigenvalue weighted by Gasteiger charge is -2.19. The average Bonchev–Trinajstić information content (AvgIpc) is 2.45. The van der Waals surface area contributed by atoms with Gasteiger partial charge in [-0.15, -0.1) is 0 Å². The maximum atomic E-state index is 6.30. The Balaban J connectivity index is 1.92. The van der Waals surface area contributed by atoms with Gasteiger partial charge in [0.2, 0.25) is 0 Å². The van der Waals surface area contributed by atoms with Crippen LogP contribution in [0.5, 0.6) is 0 Å². The van der Waals surface area contributed by atoms with E-state index in [2.05, 4.69) is 49.2 Å². The third-order valence-electron chi connectivity index (χ3n) is 3.65. The van der Waals surface area contributed by atoms with Crippen LogP contribution < -0.4 is 5.73 Å². The molecule has 0 fully saturated rings. The molecule has 0 spiro atoms. The molecule has 0 aliphatic heterocycles. The topological polar surface area (TPSA) is 38.9 Å². The number of pyridine rings is 1. The standard InChI is InChI=1S/C17H22N2/c1-13-6-5-7-15(12-13)9-10-16(18)14(2)17-8-3-4-11-19-17/h3-8,11-12,14,16H,9-10,18H2,1-2H3. The molecule has 2 unspecified atom stereocenters. The Morgan fingerprint density at radius 2 is 2.00 bits per heavy atom. The van der Waals surface area contributed by atoms with E-state index in [0.29, 0.717) is 5.92 Å². The van der Waals surface area contributed by atoms with Crippen molar-refractivity contribution < 1.29 is 0 Å². The van der Waals surface area contributed by atoms with Crippen LogP contribution in [0.25, 0.3) is 0 Å². The van der Waals surface area contributed by atoms with Crippen molar-refractivity contribution in [3.8, 4) is 0 Å². The molecule has 0 radical (unpaired) electrons. The van der Waals surface area contributed by atoms with E-state index in [1.807, 2.05) is 18.3 Å². The quantitative estimate of drug-likeness (QED) is 0.887. The normalized spacial score (nSPS) is 14.1. The average molecular weight is 254 g/mol. The Labute approximate surface area is 115 Å². The van der Waals surface area contributed by atoms with E-state index in [-0.39, 0.29) is 6.04 Å². The van der Waals surface area contributed by atoms with Crippen molar-refractivity contribution in [2.24, 2.45) is 5.73 Å². The Hall–Kier alpha value is -1.67. The van der Waals surface area contributed by atoms with Gasteiger partial charge in [0.1, 0.15) is 0 Å². The molecular weight excluding hydrogens is 232 g/mol. The zero-order valence-electron chi connectivity index (χ0n) is 11.7. The number of rotatable bonds is 5. The van der Waals surface area contributed by atoms with E-state index in [1.54, 1.807) is 0 Å². The first-order chi connectivity index (χ1) is 9.16. The summed E-state index contributed by atoms with van der Waals surface area (Å²) >= 11 is 0. The molecule has 2 heteroatoms. The van der Waals surface area contributed by atoms with Gasteiger partial charge in [-0.25, -0.2) is 0 Å². The second-order valence-corrected chi connectivity index (χ2v) is 5.23. The molecule has 0 saturated heterocycles. The van der Waals surface area contributed by atoms with Crippen molar-refractivity contribution in [3.05, 3.63) is 65.5 Å². The summed E-state index contributed by atoms with van der Waals surface area (Å²) in [5.41, 5.74) is 10.1. The minimum absolute atomic E-state index is 0.149. The zero-order chi connectivity index (χ0) is 13.7. The first-order valence-electron chi connectivity index (χ1n) is 6.89. The van der Waals surface area contributed by atoms with E-state index in [1.165, 1.54) is 11.1 Å². The number of aryl methyl sites for hydroxylation is 2. The molecule has 100 valence electrons. The van der Waals surface area contributed by atoms with Crippen LogP contribution in [0.4, 0.5) is 0 Å². The van der Waals surface area contributed by atoms with Crippen LogP contribution in [-0.4, -0.2) is 11.0 Å². The summed E-state index contributed by atoms with van der Waals surface area (Å²) in [7, 11) is 0. The van der Waals surface area contributed by atoms with E-state index < -0.39 is 0 Å². The first kappa shape index (κ1) is 13.8. The van der Waals surface area contributed by atoms with Gasteiger partial charge in [0.25, 0.3) is 0 Å². The second-order valence-electron chi connectivity index (χ2n) is 5.23. The van der Waals surface area contributed by atoms with Crippen LogP contribution in [0.2, 0.25) is 0 Å². The van der Waals surface area contributed by atoms with Gasteiger partial charge in [-0.3, -0.25) is 4.98 Å². The minimum atomic E-state index is 0.149. The fourth-order valence-corrected chi connectivity index (χ4v) is 2.32. The Morgan fingerprint density at radius 3 is 2.68 bits per heavy atom. The lowest BCUT2D eigenvalue weighted by molar-refractivity contribution is 0.519. The van der Waals surface area contributed by atoms with Crippen LogP contribution >= 0.6 is 0 Å². The fourth-order valence-electron chi connectivity index (χ4n) is 2.32. The Kier molecular flexibility index (Phi) is 4.69. The molecular formula is C17H22N2. The van der Waals surface area contributed by atoms with E-state index >= 15 is 0 Å². The van der Waals surface area contributed by atoms with Crippen LogP contribution in [0.15, 0.2) is 48.7 Å². The van der Waals surface area contributed by atoms with Crippen LogP contribution in [-0.2, 0) is 6.42 Å². The summed E-state index contributed by atoms with van der Waals surface area (Å²) < 4.78 is 0. The van der Waals surface area contributed by atoms with E-state index in [0.717, 1.165) is 18.5 Å². The third kappa shape index (κ3) is 3.90. The van der Waals surface area contributed by atoms with Crippen LogP contribution in [0.1, 0.15) is 36.1 Å². The molecule has 1 aromatic heterocycles. The van der Waals surface area contributed by atoms with Crippen molar-refractivity contribution in [3.63, 3.8) is 0 Å². The van der Waals surface area contributed by atoms with Gasteiger partial charge in [0.05, 0.1) is 0 Å². The SMILES string of the molecule is Cc1cccc(CCC(N)C(C)c2ccccn2)c1. The molecule has 0 bridgehead atoms. The van der Waals surface area contributed by atoms with Crippen molar-refractivity contribution >= 4 is 0 Å². The van der Waals surface area contributed by atoms with Crippen molar-refractivity contribution in [2.75, 3.05) is 0 Å². The molecule has 0 aliphatic rings. The molecule has 2 N–H and O–H groups in total. The molecule has 2 atom stereocenters. The number of hydrogen-bond acceptors (Lipinski definition) is 2. The number of nitrogens with two attached hydrogens (primary N) is 1. The first-order valence-corrected chi connectivity index (χ1v) is 6.89. The summed E-state index contributed by atoms with van der Waals surface area (Å²) in [6.07, 6.45) is 3.85. The highest BCUT2D eigenvalue weighted by Crippen LogP contribution is 2.19. The maximum absolute atomic E-state index is 6.30. The summed E-state index contributed by atoms with van der Waals surface area (Å²) in [5.74, 6) is 0.297. The smallest absolute Gasteiger partial charge is 0.0447 e. The lowest BCUT2D eigenvalue weighted by Crippen LogP contribution is -2.27. The molecule has 1 aromatic carbocycles. The van der Waals surface area contributed by atoms with Crippen LogP contribution in [0.3, 0.4) is 0 Å². The fraction of sp³-hybridized carbons (Fsp3) is 0.353. The number of aromatic nitrogens is 1. The molecule has 0 saturated carbocycles. The predicted molar refractivity (Wildman–Crippen MR) is 80.1 cm³/mol. The number of hydrogen-bond donors (Lipinski definition) is 1. The Morgan fingerprint density at radius 1 is 1.16 bits per heavy atom. The lowest BCUT2D eigenvalue weighted by atomic mass is 9.93. The highest BCUT2D eigenvalue weighted by Gasteiger charge is 2.15. The molecule has 2 aromatic rings. The Bertz CT molecular complexity index is 508.